The van der Waals surface area contributed by atoms with E-state index in [9.17, 15) is 8.42 Å². The van der Waals surface area contributed by atoms with Gasteiger partial charge in [-0.15, -0.1) is 0 Å². The Bertz CT molecular complexity index is 1310. The average Bonchev–Trinajstić information content (AvgIpc) is 3.06. The number of aromatic amines is 1. The maximum atomic E-state index is 11.7. The number of fused-ring (bicyclic) bond motifs is 1. The number of anilines is 1. The molecular weight excluding hydrogens is 372 g/mol. The fourth-order valence-corrected chi connectivity index (χ4v) is 3.75. The zero-order valence-corrected chi connectivity index (χ0v) is 16.6. The van der Waals surface area contributed by atoms with Gasteiger partial charge in [-0.05, 0) is 55.3 Å². The maximum absolute atomic E-state index is 11.7. The number of nitrogen functional groups attached to an aromatic ring is 1. The van der Waals surface area contributed by atoms with Crippen molar-refractivity contribution in [3.63, 3.8) is 0 Å². The van der Waals surface area contributed by atoms with E-state index in [0.717, 1.165) is 27.7 Å². The summed E-state index contributed by atoms with van der Waals surface area (Å²) >= 11 is 0. The van der Waals surface area contributed by atoms with Crippen LogP contribution in [0.5, 0.6) is 0 Å². The first-order valence-electron chi connectivity index (χ1n) is 8.77. The predicted molar refractivity (Wildman–Crippen MR) is 112 cm³/mol. The summed E-state index contributed by atoms with van der Waals surface area (Å²) in [4.78, 5) is 12.9. The van der Waals surface area contributed by atoms with Crippen molar-refractivity contribution in [2.75, 3.05) is 12.0 Å². The molecule has 0 amide bonds. The van der Waals surface area contributed by atoms with Crippen molar-refractivity contribution in [2.24, 2.45) is 0 Å². The first kappa shape index (κ1) is 18.2. The zero-order chi connectivity index (χ0) is 20.1. The van der Waals surface area contributed by atoms with Gasteiger partial charge >= 0.3 is 0 Å². The Kier molecular flexibility index (Phi) is 4.19. The molecule has 2 aromatic heterocycles. The Morgan fingerprint density at radius 2 is 1.68 bits per heavy atom. The Morgan fingerprint density at radius 1 is 0.964 bits per heavy atom. The molecule has 0 aliphatic heterocycles. The lowest BCUT2D eigenvalue weighted by Crippen LogP contribution is -2.00. The number of aromatic nitrogens is 3. The molecule has 0 radical (unpaired) electrons. The minimum absolute atomic E-state index is 0.274. The van der Waals surface area contributed by atoms with E-state index in [1.807, 2.05) is 38.1 Å². The van der Waals surface area contributed by atoms with Crippen molar-refractivity contribution < 1.29 is 8.42 Å². The van der Waals surface area contributed by atoms with Gasteiger partial charge in [0, 0.05) is 11.8 Å². The monoisotopic (exact) mass is 392 g/mol. The second kappa shape index (κ2) is 6.45. The molecule has 0 atom stereocenters. The lowest BCUT2D eigenvalue weighted by atomic mass is 10.1. The van der Waals surface area contributed by atoms with Crippen molar-refractivity contribution in [3.05, 3.63) is 59.7 Å². The second-order valence-corrected chi connectivity index (χ2v) is 9.00. The molecular formula is C21H20N4O2S. The van der Waals surface area contributed by atoms with Gasteiger partial charge in [0.05, 0.1) is 27.3 Å². The summed E-state index contributed by atoms with van der Waals surface area (Å²) in [7, 11) is -3.24. The second-order valence-electron chi connectivity index (χ2n) is 6.99. The van der Waals surface area contributed by atoms with Crippen LogP contribution in [0.4, 0.5) is 5.69 Å². The molecule has 0 saturated carbocycles. The quantitative estimate of drug-likeness (QED) is 0.551. The van der Waals surface area contributed by atoms with Gasteiger partial charge in [-0.3, -0.25) is 0 Å². The van der Waals surface area contributed by atoms with Crippen molar-refractivity contribution in [3.8, 4) is 22.8 Å². The summed E-state index contributed by atoms with van der Waals surface area (Å²) in [5, 5.41) is 0. The molecule has 0 aliphatic carbocycles. The van der Waals surface area contributed by atoms with Crippen molar-refractivity contribution in [1.82, 2.24) is 15.0 Å². The highest BCUT2D eigenvalue weighted by molar-refractivity contribution is 7.90. The average molecular weight is 392 g/mol. The normalized spacial score (nSPS) is 11.8. The number of hydrogen-bond acceptors (Lipinski definition) is 5. The largest absolute Gasteiger partial charge is 0.397 e. The van der Waals surface area contributed by atoms with Crippen LogP contribution in [0.1, 0.15) is 11.1 Å². The van der Waals surface area contributed by atoms with Crippen LogP contribution in [-0.2, 0) is 9.84 Å². The molecule has 142 valence electrons. The van der Waals surface area contributed by atoms with Crippen LogP contribution >= 0.6 is 0 Å². The summed E-state index contributed by atoms with van der Waals surface area (Å²) in [6.07, 6.45) is 1.19. The fourth-order valence-electron chi connectivity index (χ4n) is 3.12. The summed E-state index contributed by atoms with van der Waals surface area (Å²) in [6.45, 7) is 3.94. The molecule has 0 unspecified atom stereocenters. The number of imidazole rings is 1. The maximum Gasteiger partial charge on any atom is 0.175 e. The summed E-state index contributed by atoms with van der Waals surface area (Å²) < 4.78 is 23.4. The lowest BCUT2D eigenvalue weighted by molar-refractivity contribution is 0.602. The number of hydrogen-bond donors (Lipinski definition) is 2. The third kappa shape index (κ3) is 3.25. The zero-order valence-electron chi connectivity index (χ0n) is 15.8. The number of nitrogens with two attached hydrogens (primary N) is 1. The third-order valence-corrected chi connectivity index (χ3v) is 5.83. The molecule has 0 bridgehead atoms. The predicted octanol–water partition coefficient (Wildman–Crippen LogP) is 3.89. The standard InChI is InChI=1S/C21H20N4O2S/c1-12-4-9-16-18(10-12)25-21(24-16)20-19(22)13(2)11-17(23-20)14-5-7-15(8-6-14)28(3,26)27/h4-11H,22H2,1-3H3,(H,24,25). The minimum Gasteiger partial charge on any atom is -0.397 e. The number of sulfone groups is 1. The van der Waals surface area contributed by atoms with Gasteiger partial charge in [-0.1, -0.05) is 18.2 Å². The molecule has 7 heteroatoms. The van der Waals surface area contributed by atoms with E-state index in [0.29, 0.717) is 22.9 Å². The molecule has 4 aromatic rings. The van der Waals surface area contributed by atoms with Crippen molar-refractivity contribution >= 4 is 26.6 Å². The number of pyridine rings is 1. The van der Waals surface area contributed by atoms with Crippen molar-refractivity contribution in [2.45, 2.75) is 18.7 Å². The number of nitrogens with zero attached hydrogens (tertiary/aromatic N) is 2. The Balaban J connectivity index is 1.84. The molecule has 2 aromatic carbocycles. The van der Waals surface area contributed by atoms with Crippen molar-refractivity contribution in [1.29, 1.82) is 0 Å². The van der Waals surface area contributed by atoms with Crippen LogP contribution < -0.4 is 5.73 Å². The van der Waals surface area contributed by atoms with Crippen LogP contribution in [0.25, 0.3) is 33.8 Å². The number of nitrogens with one attached hydrogen (secondary N) is 1. The molecule has 0 spiro atoms. The van der Waals surface area contributed by atoms with Gasteiger partial charge in [-0.25, -0.2) is 18.4 Å². The summed E-state index contributed by atoms with van der Waals surface area (Å²) in [5.74, 6) is 0.607. The number of aryl methyl sites for hydroxylation is 2. The van der Waals surface area contributed by atoms with E-state index in [4.69, 9.17) is 10.7 Å². The van der Waals surface area contributed by atoms with Gasteiger partial charge in [0.25, 0.3) is 0 Å². The van der Waals surface area contributed by atoms with Crippen LogP contribution in [0.15, 0.2) is 53.4 Å². The molecule has 4 rings (SSSR count). The highest BCUT2D eigenvalue weighted by Crippen LogP contribution is 2.31. The van der Waals surface area contributed by atoms with E-state index in [1.165, 1.54) is 6.26 Å². The Hall–Kier alpha value is -3.19. The molecule has 6 nitrogen and oxygen atoms in total. The van der Waals surface area contributed by atoms with Gasteiger partial charge in [-0.2, -0.15) is 0 Å². The lowest BCUT2D eigenvalue weighted by Gasteiger charge is -2.10. The van der Waals surface area contributed by atoms with Crippen LogP contribution in [0.2, 0.25) is 0 Å². The van der Waals surface area contributed by atoms with Gasteiger partial charge in [0.1, 0.15) is 5.69 Å². The number of H-pyrrole nitrogens is 1. The van der Waals surface area contributed by atoms with E-state index in [-0.39, 0.29) is 4.90 Å². The highest BCUT2D eigenvalue weighted by Gasteiger charge is 2.15. The first-order chi connectivity index (χ1) is 13.2. The Labute approximate surface area is 163 Å². The van der Waals surface area contributed by atoms with Crippen LogP contribution in [0, 0.1) is 13.8 Å². The van der Waals surface area contributed by atoms with Gasteiger partial charge in [0.2, 0.25) is 0 Å². The third-order valence-electron chi connectivity index (χ3n) is 4.71. The smallest absolute Gasteiger partial charge is 0.175 e. The molecule has 28 heavy (non-hydrogen) atoms. The van der Waals surface area contributed by atoms with E-state index in [2.05, 4.69) is 9.97 Å². The summed E-state index contributed by atoms with van der Waals surface area (Å²) in [5.41, 5.74) is 12.7. The van der Waals surface area contributed by atoms with E-state index >= 15 is 0 Å². The number of rotatable bonds is 3. The molecule has 0 fully saturated rings. The topological polar surface area (TPSA) is 102 Å². The number of benzene rings is 2. The molecule has 0 aliphatic rings. The Morgan fingerprint density at radius 3 is 2.36 bits per heavy atom. The summed E-state index contributed by atoms with van der Waals surface area (Å²) in [6, 6.07) is 14.6. The van der Waals surface area contributed by atoms with E-state index in [1.54, 1.807) is 24.3 Å². The first-order valence-corrected chi connectivity index (χ1v) is 10.7. The SMILES string of the molecule is Cc1ccc2nc(-c3nc(-c4ccc(S(C)(=O)=O)cc4)cc(C)c3N)[nH]c2c1. The molecule has 0 saturated heterocycles. The van der Waals surface area contributed by atoms with Crippen LogP contribution in [-0.4, -0.2) is 29.6 Å². The highest BCUT2D eigenvalue weighted by atomic mass is 32.2. The minimum atomic E-state index is -3.24. The van der Waals surface area contributed by atoms with Crippen LogP contribution in [0.3, 0.4) is 0 Å². The van der Waals surface area contributed by atoms with E-state index < -0.39 is 9.84 Å². The van der Waals surface area contributed by atoms with Gasteiger partial charge in [0.15, 0.2) is 15.7 Å². The fraction of sp³-hybridized carbons (Fsp3) is 0.143. The molecule has 2 heterocycles. The molecule has 3 N–H and O–H groups in total. The van der Waals surface area contributed by atoms with Gasteiger partial charge < -0.3 is 10.7 Å².